The molecule has 0 atom stereocenters. The highest BCUT2D eigenvalue weighted by atomic mass is 32.1. The number of hydrogen-bond donors (Lipinski definition) is 3. The Kier molecular flexibility index (Phi) is 8.41. The minimum absolute atomic E-state index is 0.00703. The topological polar surface area (TPSA) is 78.4 Å². The van der Waals surface area contributed by atoms with E-state index in [0.717, 1.165) is 48.2 Å². The van der Waals surface area contributed by atoms with Crippen LogP contribution >= 0.6 is 22.7 Å². The van der Waals surface area contributed by atoms with Crippen LogP contribution in [0.5, 0.6) is 0 Å². The fourth-order valence-electron chi connectivity index (χ4n) is 2.13. The van der Waals surface area contributed by atoms with Gasteiger partial charge in [-0.1, -0.05) is 13.0 Å². The third-order valence-corrected chi connectivity index (χ3v) is 5.55. The first-order valence-corrected chi connectivity index (χ1v) is 10.1. The van der Waals surface area contributed by atoms with E-state index in [2.05, 4.69) is 32.9 Å². The maximum absolute atomic E-state index is 11.8. The van der Waals surface area contributed by atoms with E-state index in [9.17, 15) is 4.79 Å². The summed E-state index contributed by atoms with van der Waals surface area (Å²) >= 11 is 3.22. The third-order valence-electron chi connectivity index (χ3n) is 3.48. The fraction of sp³-hybridized carbons (Fsp3) is 0.471. The molecule has 0 aliphatic carbocycles. The van der Waals surface area contributed by atoms with Gasteiger partial charge in [0.15, 0.2) is 5.96 Å². The van der Waals surface area contributed by atoms with Crippen molar-refractivity contribution in [1.82, 2.24) is 20.9 Å². The van der Waals surface area contributed by atoms with Crippen LogP contribution < -0.4 is 16.0 Å². The quantitative estimate of drug-likeness (QED) is 0.355. The second-order valence-electron chi connectivity index (χ2n) is 5.34. The zero-order chi connectivity index (χ0) is 17.9. The highest BCUT2D eigenvalue weighted by molar-refractivity contribution is 7.12. The van der Waals surface area contributed by atoms with E-state index in [-0.39, 0.29) is 5.91 Å². The highest BCUT2D eigenvalue weighted by Crippen LogP contribution is 2.13. The number of nitrogens with zero attached hydrogens (tertiary/aromatic N) is 2. The Morgan fingerprint density at radius 3 is 2.72 bits per heavy atom. The average Bonchev–Trinajstić information content (AvgIpc) is 3.31. The van der Waals surface area contributed by atoms with Crippen LogP contribution in [0.15, 0.2) is 28.7 Å². The van der Waals surface area contributed by atoms with E-state index in [0.29, 0.717) is 6.54 Å². The molecule has 136 valence electrons. The number of nitrogens with one attached hydrogen (secondary N) is 3. The van der Waals surface area contributed by atoms with E-state index in [1.807, 2.05) is 23.7 Å². The zero-order valence-electron chi connectivity index (χ0n) is 14.7. The number of thiazole rings is 1. The number of rotatable bonds is 9. The molecule has 0 saturated carbocycles. The van der Waals surface area contributed by atoms with Gasteiger partial charge in [-0.25, -0.2) is 4.98 Å². The Morgan fingerprint density at radius 1 is 1.24 bits per heavy atom. The molecule has 0 aliphatic heterocycles. The molecule has 2 aromatic heterocycles. The van der Waals surface area contributed by atoms with E-state index in [1.54, 1.807) is 18.4 Å². The molecule has 0 unspecified atom stereocenters. The van der Waals surface area contributed by atoms with Crippen molar-refractivity contribution in [3.63, 3.8) is 0 Å². The minimum Gasteiger partial charge on any atom is -0.356 e. The van der Waals surface area contributed by atoms with Crippen molar-refractivity contribution in [2.75, 3.05) is 26.7 Å². The summed E-state index contributed by atoms with van der Waals surface area (Å²) in [5.41, 5.74) is 0. The van der Waals surface area contributed by atoms with Gasteiger partial charge in [0.2, 0.25) is 0 Å². The summed E-state index contributed by atoms with van der Waals surface area (Å²) in [7, 11) is 1.76. The molecule has 0 aromatic carbocycles. The fourth-order valence-corrected chi connectivity index (χ4v) is 3.63. The second kappa shape index (κ2) is 10.8. The Balaban J connectivity index is 1.56. The Bertz CT molecular complexity index is 666. The lowest BCUT2D eigenvalue weighted by Gasteiger charge is -2.11. The number of aromatic nitrogens is 1. The molecule has 25 heavy (non-hydrogen) atoms. The summed E-state index contributed by atoms with van der Waals surface area (Å²) in [6, 6.07) is 3.71. The van der Waals surface area contributed by atoms with E-state index in [4.69, 9.17) is 0 Å². The lowest BCUT2D eigenvalue weighted by molar-refractivity contribution is 0.0957. The van der Waals surface area contributed by atoms with Crippen molar-refractivity contribution >= 4 is 34.5 Å². The SMILES string of the molecule is CCc1cnc(CCNC(=NC)NCCCNC(=O)c2cccs2)s1. The summed E-state index contributed by atoms with van der Waals surface area (Å²) in [6.07, 6.45) is 4.72. The number of guanidine groups is 1. The van der Waals surface area contributed by atoms with E-state index < -0.39 is 0 Å². The van der Waals surface area contributed by atoms with Crippen LogP contribution in [0.1, 0.15) is 32.9 Å². The number of aryl methyl sites for hydroxylation is 1. The van der Waals surface area contributed by atoms with Crippen LogP contribution in [0, 0.1) is 0 Å². The molecule has 2 aromatic rings. The number of thiophene rings is 1. The number of hydrogen-bond acceptors (Lipinski definition) is 5. The first-order chi connectivity index (χ1) is 12.2. The summed E-state index contributed by atoms with van der Waals surface area (Å²) in [5.74, 6) is 0.768. The van der Waals surface area contributed by atoms with Crippen molar-refractivity contribution in [3.05, 3.63) is 38.5 Å². The maximum atomic E-state index is 11.8. The van der Waals surface area contributed by atoms with Gasteiger partial charge in [-0.05, 0) is 24.3 Å². The van der Waals surface area contributed by atoms with Crippen LogP contribution in [0.3, 0.4) is 0 Å². The number of amides is 1. The first-order valence-electron chi connectivity index (χ1n) is 8.42. The first kappa shape index (κ1) is 19.4. The molecule has 0 bridgehead atoms. The lowest BCUT2D eigenvalue weighted by Crippen LogP contribution is -2.39. The highest BCUT2D eigenvalue weighted by Gasteiger charge is 2.05. The standard InChI is InChI=1S/C17H25N5OS2/c1-3-13-12-22-15(25-13)7-10-21-17(18-2)20-9-5-8-19-16(23)14-6-4-11-24-14/h4,6,11-12H,3,5,7-10H2,1-2H3,(H,19,23)(H2,18,20,21). The molecular weight excluding hydrogens is 354 g/mol. The number of carbonyl (C=O) groups is 1. The lowest BCUT2D eigenvalue weighted by atomic mass is 10.4. The molecule has 0 saturated heterocycles. The zero-order valence-corrected chi connectivity index (χ0v) is 16.3. The van der Waals surface area contributed by atoms with Gasteiger partial charge in [0, 0.05) is 44.2 Å². The number of carbonyl (C=O) groups excluding carboxylic acids is 1. The van der Waals surface area contributed by atoms with Gasteiger partial charge in [0.1, 0.15) is 0 Å². The summed E-state index contributed by atoms with van der Waals surface area (Å²) in [6.45, 7) is 4.33. The van der Waals surface area contributed by atoms with Crippen LogP contribution in [0.2, 0.25) is 0 Å². The molecule has 1 amide bonds. The summed E-state index contributed by atoms with van der Waals surface area (Å²) in [4.78, 5) is 22.5. The van der Waals surface area contributed by atoms with E-state index in [1.165, 1.54) is 16.2 Å². The van der Waals surface area contributed by atoms with Crippen LogP contribution in [-0.2, 0) is 12.8 Å². The maximum Gasteiger partial charge on any atom is 0.261 e. The Labute approximate surface area is 156 Å². The molecule has 0 fully saturated rings. The molecule has 2 rings (SSSR count). The predicted octanol–water partition coefficient (Wildman–Crippen LogP) is 2.29. The van der Waals surface area contributed by atoms with Gasteiger partial charge in [-0.15, -0.1) is 22.7 Å². The molecule has 0 radical (unpaired) electrons. The monoisotopic (exact) mass is 379 g/mol. The molecular formula is C17H25N5OS2. The van der Waals surface area contributed by atoms with Crippen molar-refractivity contribution in [1.29, 1.82) is 0 Å². The smallest absolute Gasteiger partial charge is 0.261 e. The van der Waals surface area contributed by atoms with Gasteiger partial charge >= 0.3 is 0 Å². The average molecular weight is 380 g/mol. The van der Waals surface area contributed by atoms with Gasteiger partial charge in [0.05, 0.1) is 9.88 Å². The minimum atomic E-state index is -0.00703. The van der Waals surface area contributed by atoms with Gasteiger partial charge in [-0.2, -0.15) is 0 Å². The van der Waals surface area contributed by atoms with E-state index >= 15 is 0 Å². The predicted molar refractivity (Wildman–Crippen MR) is 106 cm³/mol. The van der Waals surface area contributed by atoms with Crippen LogP contribution in [0.25, 0.3) is 0 Å². The summed E-state index contributed by atoms with van der Waals surface area (Å²) in [5, 5.41) is 12.5. The molecule has 0 aliphatic rings. The van der Waals surface area contributed by atoms with Crippen LogP contribution in [-0.4, -0.2) is 43.5 Å². The van der Waals surface area contributed by atoms with Crippen molar-refractivity contribution in [2.24, 2.45) is 4.99 Å². The molecule has 3 N–H and O–H groups in total. The summed E-state index contributed by atoms with van der Waals surface area (Å²) < 4.78 is 0. The van der Waals surface area contributed by atoms with Gasteiger partial charge in [0.25, 0.3) is 5.91 Å². The number of aliphatic imine (C=N–C) groups is 1. The third kappa shape index (κ3) is 6.83. The molecule has 8 heteroatoms. The molecule has 2 heterocycles. The molecule has 0 spiro atoms. The van der Waals surface area contributed by atoms with Crippen molar-refractivity contribution in [2.45, 2.75) is 26.2 Å². The van der Waals surface area contributed by atoms with Crippen LogP contribution in [0.4, 0.5) is 0 Å². The Morgan fingerprint density at radius 2 is 2.04 bits per heavy atom. The second-order valence-corrected chi connectivity index (χ2v) is 7.48. The van der Waals surface area contributed by atoms with Gasteiger partial charge in [-0.3, -0.25) is 9.79 Å². The van der Waals surface area contributed by atoms with Crippen molar-refractivity contribution < 1.29 is 4.79 Å². The van der Waals surface area contributed by atoms with Gasteiger partial charge < -0.3 is 16.0 Å². The largest absolute Gasteiger partial charge is 0.356 e. The normalized spacial score (nSPS) is 11.4. The Hall–Kier alpha value is -1.93. The molecule has 6 nitrogen and oxygen atoms in total. The van der Waals surface area contributed by atoms with Crippen molar-refractivity contribution in [3.8, 4) is 0 Å².